The molecule has 0 aliphatic rings. The number of hydrogen-bond donors (Lipinski definition) is 1. The summed E-state index contributed by atoms with van der Waals surface area (Å²) in [6, 6.07) is 21.4. The Morgan fingerprint density at radius 1 is 0.893 bits per heavy atom. The summed E-state index contributed by atoms with van der Waals surface area (Å²) < 4.78 is 10.6. The van der Waals surface area contributed by atoms with Crippen LogP contribution in [0.4, 0.5) is 0 Å². The van der Waals surface area contributed by atoms with Crippen LogP contribution in [0.3, 0.4) is 0 Å². The predicted octanol–water partition coefficient (Wildman–Crippen LogP) is 3.43. The maximum atomic E-state index is 12.2. The second kappa shape index (κ2) is 9.55. The molecule has 0 aliphatic heterocycles. The predicted molar refractivity (Wildman–Crippen MR) is 108 cm³/mol. The molecule has 3 aromatic carbocycles. The first kappa shape index (κ1) is 19.4. The van der Waals surface area contributed by atoms with E-state index in [9.17, 15) is 9.59 Å². The minimum absolute atomic E-state index is 0.131. The lowest BCUT2D eigenvalue weighted by Crippen LogP contribution is -2.32. The van der Waals surface area contributed by atoms with Crippen LogP contribution in [-0.2, 0) is 20.7 Å². The van der Waals surface area contributed by atoms with Gasteiger partial charge in [-0.1, -0.05) is 60.2 Å². The van der Waals surface area contributed by atoms with Gasteiger partial charge in [-0.3, -0.25) is 9.59 Å². The van der Waals surface area contributed by atoms with Crippen LogP contribution in [0.1, 0.15) is 11.1 Å². The molecule has 0 unspecified atom stereocenters. The Labute approximate surface area is 164 Å². The van der Waals surface area contributed by atoms with E-state index in [4.69, 9.17) is 9.47 Å². The van der Waals surface area contributed by atoms with E-state index in [0.717, 1.165) is 27.6 Å². The number of hydrogen-bond acceptors (Lipinski definition) is 4. The van der Waals surface area contributed by atoms with Gasteiger partial charge in [0.2, 0.25) is 5.91 Å². The summed E-state index contributed by atoms with van der Waals surface area (Å²) in [5, 5.41) is 4.73. The largest absolute Gasteiger partial charge is 0.490 e. The number of ether oxygens (including phenoxy) is 2. The maximum absolute atomic E-state index is 12.2. The molecule has 5 heteroatoms. The molecular weight excluding hydrogens is 354 g/mol. The molecule has 0 saturated heterocycles. The molecule has 1 N–H and O–H groups in total. The quantitative estimate of drug-likeness (QED) is 0.483. The Morgan fingerprint density at radius 3 is 2.46 bits per heavy atom. The van der Waals surface area contributed by atoms with Gasteiger partial charge in [0.1, 0.15) is 25.5 Å². The Bertz CT molecular complexity index is 945. The van der Waals surface area contributed by atoms with Crippen molar-refractivity contribution in [1.82, 2.24) is 5.32 Å². The average molecular weight is 377 g/mol. The molecule has 0 fully saturated rings. The Hall–Kier alpha value is -3.34. The fourth-order valence-corrected chi connectivity index (χ4v) is 2.85. The zero-order valence-electron chi connectivity index (χ0n) is 15.8. The van der Waals surface area contributed by atoms with Crippen LogP contribution in [0.25, 0.3) is 10.8 Å². The van der Waals surface area contributed by atoms with E-state index in [2.05, 4.69) is 5.32 Å². The first-order chi connectivity index (χ1) is 13.6. The molecule has 0 aliphatic carbocycles. The summed E-state index contributed by atoms with van der Waals surface area (Å²) in [4.78, 5) is 23.9. The third kappa shape index (κ3) is 5.58. The van der Waals surface area contributed by atoms with E-state index < -0.39 is 5.97 Å². The molecule has 144 valence electrons. The third-order valence-corrected chi connectivity index (χ3v) is 4.30. The van der Waals surface area contributed by atoms with Crippen molar-refractivity contribution in [2.24, 2.45) is 0 Å². The van der Waals surface area contributed by atoms with Crippen LogP contribution < -0.4 is 10.1 Å². The van der Waals surface area contributed by atoms with Crippen molar-refractivity contribution in [3.8, 4) is 5.75 Å². The van der Waals surface area contributed by atoms with E-state index in [0.29, 0.717) is 0 Å². The summed E-state index contributed by atoms with van der Waals surface area (Å²) in [6.45, 7) is 2.24. The minimum Gasteiger partial charge on any atom is -0.490 e. The highest BCUT2D eigenvalue weighted by Crippen LogP contribution is 2.18. The van der Waals surface area contributed by atoms with E-state index in [1.54, 1.807) is 0 Å². The topological polar surface area (TPSA) is 64.6 Å². The van der Waals surface area contributed by atoms with Crippen LogP contribution in [0.2, 0.25) is 0 Å². The molecule has 5 nitrogen and oxygen atoms in total. The smallest absolute Gasteiger partial charge is 0.325 e. The zero-order chi connectivity index (χ0) is 19.8. The molecule has 3 rings (SSSR count). The highest BCUT2D eigenvalue weighted by atomic mass is 16.6. The van der Waals surface area contributed by atoms with Crippen LogP contribution >= 0.6 is 0 Å². The molecule has 0 atom stereocenters. The van der Waals surface area contributed by atoms with Gasteiger partial charge >= 0.3 is 5.97 Å². The summed E-state index contributed by atoms with van der Waals surface area (Å²) in [5.74, 6) is 0.0213. The van der Waals surface area contributed by atoms with Gasteiger partial charge in [-0.25, -0.2) is 0 Å². The molecule has 0 spiro atoms. The fourth-order valence-electron chi connectivity index (χ4n) is 2.85. The fraction of sp³-hybridized carbons (Fsp3) is 0.217. The van der Waals surface area contributed by atoms with Gasteiger partial charge in [0, 0.05) is 0 Å². The summed E-state index contributed by atoms with van der Waals surface area (Å²) in [5.41, 5.74) is 2.08. The normalized spacial score (nSPS) is 10.5. The number of nitrogens with one attached hydrogen (secondary N) is 1. The molecule has 0 heterocycles. The van der Waals surface area contributed by atoms with Gasteiger partial charge in [-0.15, -0.1) is 0 Å². The van der Waals surface area contributed by atoms with Crippen molar-refractivity contribution in [3.63, 3.8) is 0 Å². The third-order valence-electron chi connectivity index (χ3n) is 4.30. The van der Waals surface area contributed by atoms with Gasteiger partial charge in [-0.05, 0) is 35.4 Å². The average Bonchev–Trinajstić information content (AvgIpc) is 2.71. The van der Waals surface area contributed by atoms with E-state index in [1.807, 2.05) is 73.7 Å². The van der Waals surface area contributed by atoms with Crippen LogP contribution in [0.5, 0.6) is 5.75 Å². The number of carbonyl (C=O) groups is 2. The molecule has 28 heavy (non-hydrogen) atoms. The number of aryl methyl sites for hydroxylation is 1. The lowest BCUT2D eigenvalue weighted by Gasteiger charge is -2.09. The van der Waals surface area contributed by atoms with Crippen molar-refractivity contribution in [3.05, 3.63) is 77.9 Å². The molecule has 1 amide bonds. The summed E-state index contributed by atoms with van der Waals surface area (Å²) in [6.07, 6.45) is 0.213. The molecule has 0 bridgehead atoms. The highest BCUT2D eigenvalue weighted by Gasteiger charge is 2.09. The van der Waals surface area contributed by atoms with Crippen LogP contribution in [0, 0.1) is 6.92 Å². The Kier molecular flexibility index (Phi) is 6.63. The number of carbonyl (C=O) groups excluding carboxylic acids is 2. The minimum atomic E-state index is -0.487. The highest BCUT2D eigenvalue weighted by molar-refractivity contribution is 5.91. The number of esters is 1. The SMILES string of the molecule is Cc1ccc(OCCOC(=O)CNC(=O)Cc2cccc3ccccc23)cc1. The van der Waals surface area contributed by atoms with Crippen LogP contribution in [0.15, 0.2) is 66.7 Å². The second-order valence-electron chi connectivity index (χ2n) is 6.47. The number of rotatable bonds is 8. The van der Waals surface area contributed by atoms with Crippen LogP contribution in [-0.4, -0.2) is 31.6 Å². The zero-order valence-corrected chi connectivity index (χ0v) is 15.8. The summed E-state index contributed by atoms with van der Waals surface area (Å²) >= 11 is 0. The van der Waals surface area contributed by atoms with Crippen molar-refractivity contribution in [1.29, 1.82) is 0 Å². The number of benzene rings is 3. The molecule has 0 saturated carbocycles. The van der Waals surface area contributed by atoms with Gasteiger partial charge in [0.25, 0.3) is 0 Å². The van der Waals surface area contributed by atoms with Gasteiger partial charge in [0.05, 0.1) is 6.42 Å². The molecular formula is C23H23NO4. The van der Waals surface area contributed by atoms with Crippen molar-refractivity contribution < 1.29 is 19.1 Å². The molecule has 3 aromatic rings. The van der Waals surface area contributed by atoms with E-state index in [1.165, 1.54) is 0 Å². The standard InChI is InChI=1S/C23H23NO4/c1-17-9-11-20(12-10-17)27-13-14-28-23(26)16-24-22(25)15-19-7-4-6-18-5-2-3-8-21(18)19/h2-12H,13-16H2,1H3,(H,24,25). The molecule has 0 radical (unpaired) electrons. The van der Waals surface area contributed by atoms with Crippen molar-refractivity contribution >= 4 is 22.6 Å². The van der Waals surface area contributed by atoms with Crippen molar-refractivity contribution in [2.45, 2.75) is 13.3 Å². The second-order valence-corrected chi connectivity index (χ2v) is 6.47. The number of fused-ring (bicyclic) bond motifs is 1. The molecule has 0 aromatic heterocycles. The van der Waals surface area contributed by atoms with E-state index in [-0.39, 0.29) is 32.1 Å². The lowest BCUT2D eigenvalue weighted by atomic mass is 10.0. The van der Waals surface area contributed by atoms with Gasteiger partial charge < -0.3 is 14.8 Å². The first-order valence-corrected chi connectivity index (χ1v) is 9.20. The number of amides is 1. The summed E-state index contributed by atoms with van der Waals surface area (Å²) in [7, 11) is 0. The van der Waals surface area contributed by atoms with Gasteiger partial charge in [-0.2, -0.15) is 0 Å². The monoisotopic (exact) mass is 377 g/mol. The van der Waals surface area contributed by atoms with Gasteiger partial charge in [0.15, 0.2) is 0 Å². The first-order valence-electron chi connectivity index (χ1n) is 9.20. The Morgan fingerprint density at radius 2 is 1.64 bits per heavy atom. The van der Waals surface area contributed by atoms with Crippen molar-refractivity contribution in [2.75, 3.05) is 19.8 Å². The maximum Gasteiger partial charge on any atom is 0.325 e. The lowest BCUT2D eigenvalue weighted by molar-refractivity contribution is -0.144. The Balaban J connectivity index is 1.38. The van der Waals surface area contributed by atoms with E-state index >= 15 is 0 Å².